The van der Waals surface area contributed by atoms with E-state index in [-0.39, 0.29) is 5.78 Å². The summed E-state index contributed by atoms with van der Waals surface area (Å²) in [6, 6.07) is 11.0. The second-order valence-corrected chi connectivity index (χ2v) is 3.86. The molecule has 0 radical (unpaired) electrons. The van der Waals surface area contributed by atoms with E-state index in [1.807, 2.05) is 31.2 Å². The van der Waals surface area contributed by atoms with E-state index in [2.05, 4.69) is 0 Å². The van der Waals surface area contributed by atoms with Crippen LogP contribution in [-0.2, 0) is 6.42 Å². The van der Waals surface area contributed by atoms with E-state index in [4.69, 9.17) is 9.15 Å². The molecule has 0 spiro atoms. The van der Waals surface area contributed by atoms with Gasteiger partial charge in [-0.3, -0.25) is 4.79 Å². The first-order chi connectivity index (χ1) is 8.19. The number of rotatable bonds is 4. The van der Waals surface area contributed by atoms with Gasteiger partial charge in [-0.25, -0.2) is 0 Å². The van der Waals surface area contributed by atoms with Gasteiger partial charge < -0.3 is 9.15 Å². The fraction of sp³-hybridized carbons (Fsp3) is 0.214. The Morgan fingerprint density at radius 3 is 2.41 bits per heavy atom. The minimum absolute atomic E-state index is 0.0109. The van der Waals surface area contributed by atoms with Crippen LogP contribution in [-0.4, -0.2) is 12.9 Å². The first-order valence-corrected chi connectivity index (χ1v) is 5.41. The highest BCUT2D eigenvalue weighted by atomic mass is 16.5. The van der Waals surface area contributed by atoms with Crippen molar-refractivity contribution in [1.82, 2.24) is 0 Å². The zero-order valence-corrected chi connectivity index (χ0v) is 9.90. The summed E-state index contributed by atoms with van der Waals surface area (Å²) in [5.41, 5.74) is 0.949. The molecule has 0 amide bonds. The van der Waals surface area contributed by atoms with Crippen LogP contribution in [0.4, 0.5) is 0 Å². The number of ketones is 1. The molecule has 0 aliphatic carbocycles. The highest BCUT2D eigenvalue weighted by Gasteiger charge is 2.10. The molecule has 0 bridgehead atoms. The molecule has 0 atom stereocenters. The van der Waals surface area contributed by atoms with Crippen LogP contribution < -0.4 is 4.74 Å². The smallest absolute Gasteiger partial charge is 0.202 e. The van der Waals surface area contributed by atoms with Gasteiger partial charge in [0.2, 0.25) is 5.78 Å². The second-order valence-electron chi connectivity index (χ2n) is 3.86. The van der Waals surface area contributed by atoms with Gasteiger partial charge in [0.05, 0.1) is 7.11 Å². The minimum atomic E-state index is -0.0109. The average molecular weight is 230 g/mol. The molecule has 1 aromatic carbocycles. The van der Waals surface area contributed by atoms with E-state index < -0.39 is 0 Å². The molecule has 1 heterocycles. The Hall–Kier alpha value is -2.03. The third-order valence-corrected chi connectivity index (χ3v) is 2.54. The molecular weight excluding hydrogens is 216 g/mol. The summed E-state index contributed by atoms with van der Waals surface area (Å²) in [5.74, 6) is 1.94. The molecule has 2 rings (SSSR count). The lowest BCUT2D eigenvalue weighted by Gasteiger charge is -2.01. The predicted molar refractivity (Wildman–Crippen MR) is 64.5 cm³/mol. The number of furan rings is 1. The summed E-state index contributed by atoms with van der Waals surface area (Å²) in [7, 11) is 1.62. The van der Waals surface area contributed by atoms with Crippen LogP contribution >= 0.6 is 0 Å². The molecule has 0 aliphatic heterocycles. The molecule has 0 N–H and O–H groups in total. The second kappa shape index (κ2) is 4.87. The Bertz CT molecular complexity index is 509. The molecular formula is C14H14O3. The van der Waals surface area contributed by atoms with Crippen molar-refractivity contribution >= 4 is 5.78 Å². The topological polar surface area (TPSA) is 39.4 Å². The molecule has 0 fully saturated rings. The molecule has 3 nitrogen and oxygen atoms in total. The fourth-order valence-corrected chi connectivity index (χ4v) is 1.60. The van der Waals surface area contributed by atoms with E-state index in [0.717, 1.165) is 17.1 Å². The highest BCUT2D eigenvalue weighted by Crippen LogP contribution is 2.14. The number of Topliss-reactive ketones (excluding diaryl/α,β-unsaturated/α-hetero) is 1. The van der Waals surface area contributed by atoms with Gasteiger partial charge in [-0.1, -0.05) is 12.1 Å². The lowest BCUT2D eigenvalue weighted by atomic mass is 10.1. The predicted octanol–water partition coefficient (Wildman–Crippen LogP) is 3.02. The monoisotopic (exact) mass is 230 g/mol. The maximum absolute atomic E-state index is 11.9. The number of methoxy groups -OCH3 is 1. The number of ether oxygens (including phenoxy) is 1. The maximum Gasteiger partial charge on any atom is 0.202 e. The summed E-state index contributed by atoms with van der Waals surface area (Å²) in [4.78, 5) is 11.9. The van der Waals surface area contributed by atoms with E-state index in [0.29, 0.717) is 12.2 Å². The third-order valence-electron chi connectivity index (χ3n) is 2.54. The molecule has 88 valence electrons. The Labute approximate surface area is 100 Å². The number of carbonyl (C=O) groups excluding carboxylic acids is 1. The Morgan fingerprint density at radius 1 is 1.18 bits per heavy atom. The molecule has 0 unspecified atom stereocenters. The first-order valence-electron chi connectivity index (χ1n) is 5.41. The summed E-state index contributed by atoms with van der Waals surface area (Å²) in [6.45, 7) is 1.82. The van der Waals surface area contributed by atoms with E-state index in [1.54, 1.807) is 19.2 Å². The van der Waals surface area contributed by atoms with Crippen molar-refractivity contribution in [2.45, 2.75) is 13.3 Å². The van der Waals surface area contributed by atoms with Crippen LogP contribution in [0.25, 0.3) is 0 Å². The molecule has 0 saturated heterocycles. The first kappa shape index (κ1) is 11.5. The third kappa shape index (κ3) is 2.75. The summed E-state index contributed by atoms with van der Waals surface area (Å²) >= 11 is 0. The molecule has 1 aromatic heterocycles. The molecule has 0 saturated carbocycles. The normalized spacial score (nSPS) is 10.2. The van der Waals surface area contributed by atoms with Crippen molar-refractivity contribution in [2.24, 2.45) is 0 Å². The van der Waals surface area contributed by atoms with Crippen LogP contribution in [0.3, 0.4) is 0 Å². The van der Waals surface area contributed by atoms with E-state index in [1.165, 1.54) is 0 Å². The number of carbonyl (C=O) groups is 1. The Kier molecular flexibility index (Phi) is 3.28. The number of hydrogen-bond donors (Lipinski definition) is 0. The van der Waals surface area contributed by atoms with Gasteiger partial charge in [0, 0.05) is 6.42 Å². The van der Waals surface area contributed by atoms with Crippen LogP contribution in [0.2, 0.25) is 0 Å². The Morgan fingerprint density at radius 2 is 1.88 bits per heavy atom. The lowest BCUT2D eigenvalue weighted by molar-refractivity contribution is 0.0965. The van der Waals surface area contributed by atoms with Gasteiger partial charge in [-0.05, 0) is 36.8 Å². The van der Waals surface area contributed by atoms with Gasteiger partial charge in [-0.2, -0.15) is 0 Å². The number of hydrogen-bond acceptors (Lipinski definition) is 3. The molecule has 0 aliphatic rings. The van der Waals surface area contributed by atoms with E-state index >= 15 is 0 Å². The quantitative estimate of drug-likeness (QED) is 0.758. The highest BCUT2D eigenvalue weighted by molar-refractivity contribution is 5.95. The largest absolute Gasteiger partial charge is 0.497 e. The van der Waals surface area contributed by atoms with Crippen molar-refractivity contribution in [3.05, 3.63) is 53.5 Å². The van der Waals surface area contributed by atoms with Crippen molar-refractivity contribution in [2.75, 3.05) is 7.11 Å². The van der Waals surface area contributed by atoms with Crippen LogP contribution in [0.1, 0.15) is 21.9 Å². The van der Waals surface area contributed by atoms with Crippen molar-refractivity contribution in [1.29, 1.82) is 0 Å². The SMILES string of the molecule is COc1ccc(CC(=O)c2ccc(C)o2)cc1. The van der Waals surface area contributed by atoms with Crippen LogP contribution in [0.5, 0.6) is 5.75 Å². The minimum Gasteiger partial charge on any atom is -0.497 e. The molecule has 17 heavy (non-hydrogen) atoms. The summed E-state index contributed by atoms with van der Waals surface area (Å²) < 4.78 is 10.3. The van der Waals surface area contributed by atoms with E-state index in [9.17, 15) is 4.79 Å². The van der Waals surface area contributed by atoms with Crippen molar-refractivity contribution < 1.29 is 13.9 Å². The van der Waals surface area contributed by atoms with Crippen LogP contribution in [0, 0.1) is 6.92 Å². The maximum atomic E-state index is 11.9. The number of benzene rings is 1. The molecule has 3 heteroatoms. The average Bonchev–Trinajstić information content (AvgIpc) is 2.77. The number of aryl methyl sites for hydroxylation is 1. The summed E-state index contributed by atoms with van der Waals surface area (Å²) in [5, 5.41) is 0. The summed E-state index contributed by atoms with van der Waals surface area (Å²) in [6.07, 6.45) is 0.344. The zero-order chi connectivity index (χ0) is 12.3. The standard InChI is InChI=1S/C14H14O3/c1-10-3-8-14(17-10)13(15)9-11-4-6-12(16-2)7-5-11/h3-8H,9H2,1-2H3. The van der Waals surface area contributed by atoms with Gasteiger partial charge in [-0.15, -0.1) is 0 Å². The van der Waals surface area contributed by atoms with Gasteiger partial charge in [0.15, 0.2) is 5.76 Å². The van der Waals surface area contributed by atoms with Gasteiger partial charge >= 0.3 is 0 Å². The zero-order valence-electron chi connectivity index (χ0n) is 9.90. The molecule has 2 aromatic rings. The van der Waals surface area contributed by atoms with Crippen molar-refractivity contribution in [3.8, 4) is 5.75 Å². The fourth-order valence-electron chi connectivity index (χ4n) is 1.60. The van der Waals surface area contributed by atoms with Crippen molar-refractivity contribution in [3.63, 3.8) is 0 Å². The Balaban J connectivity index is 2.07. The van der Waals surface area contributed by atoms with Crippen LogP contribution in [0.15, 0.2) is 40.8 Å². The van der Waals surface area contributed by atoms with Gasteiger partial charge in [0.25, 0.3) is 0 Å². The van der Waals surface area contributed by atoms with Gasteiger partial charge in [0.1, 0.15) is 11.5 Å². The lowest BCUT2D eigenvalue weighted by Crippen LogP contribution is -2.01.